The van der Waals surface area contributed by atoms with Gasteiger partial charge in [0.15, 0.2) is 0 Å². The monoisotopic (exact) mass is 1310 g/mol. The fraction of sp³-hybridized carbons (Fsp3) is 0.294. The highest BCUT2D eigenvalue weighted by atomic mass is 32.2. The summed E-state index contributed by atoms with van der Waals surface area (Å²) in [6.45, 7) is 19.5. The van der Waals surface area contributed by atoms with Crippen LogP contribution < -0.4 is 40.2 Å². The number of nitrogens with one attached hydrogen (secondary N) is 6. The molecule has 2 aliphatic rings. The van der Waals surface area contributed by atoms with Crippen molar-refractivity contribution in [3.05, 3.63) is 204 Å². The highest BCUT2D eigenvalue weighted by molar-refractivity contribution is 7.88. The van der Waals surface area contributed by atoms with Crippen LogP contribution in [0.25, 0.3) is 22.1 Å². The summed E-state index contributed by atoms with van der Waals surface area (Å²) >= 11 is 0. The van der Waals surface area contributed by atoms with Gasteiger partial charge in [0.25, 0.3) is 11.8 Å². The molecule has 6 N–H and O–H groups in total. The molecular formula is C68H76N14O10S2. The fourth-order valence-electron chi connectivity index (χ4n) is 10.2. The predicted molar refractivity (Wildman–Crippen MR) is 360 cm³/mol. The van der Waals surface area contributed by atoms with Gasteiger partial charge in [-0.3, -0.25) is 30.2 Å². The number of pyridine rings is 2. The van der Waals surface area contributed by atoms with Crippen molar-refractivity contribution >= 4 is 78.1 Å². The Labute approximate surface area is 546 Å². The number of amides is 6. The van der Waals surface area contributed by atoms with Crippen LogP contribution in [0.1, 0.15) is 103 Å². The third kappa shape index (κ3) is 15.5. The largest absolute Gasteiger partial charge is 0.493 e. The fourth-order valence-corrected chi connectivity index (χ4v) is 13.4. The Hall–Kier alpha value is -10.0. The zero-order valence-electron chi connectivity index (χ0n) is 53.9. The molecule has 0 bridgehead atoms. The van der Waals surface area contributed by atoms with Crippen LogP contribution in [0, 0.1) is 0 Å². The molecule has 26 heteroatoms. The van der Waals surface area contributed by atoms with E-state index >= 15 is 0 Å². The van der Waals surface area contributed by atoms with E-state index < -0.39 is 55.4 Å². The summed E-state index contributed by atoms with van der Waals surface area (Å²) in [6, 6.07) is 43.3. The SMILES string of the molecule is CC(C)(C)c1cc(NC(=O)Nc2ccc(OCCc3cccnc3)c3ccccc23)n(-c2ccc(CN3C(C)(C)C(=O)NS3(=O)=O)cc2)n1.CC(C)(C)c1cc(NC(=O)Nc2ccc(OCCc3cccnc3)cc2)n(-c2ccc(CN3C(C)(C)C(=O)NS3(=O)=O)cc2)n1. The number of hydrogen-bond acceptors (Lipinski definition) is 14. The van der Waals surface area contributed by atoms with Crippen LogP contribution in [-0.4, -0.2) is 103 Å². The van der Waals surface area contributed by atoms with Crippen LogP contribution in [0.2, 0.25) is 0 Å². The lowest BCUT2D eigenvalue weighted by atomic mass is 9.92. The molecule has 0 atom stereocenters. The molecule has 24 nitrogen and oxygen atoms in total. The van der Waals surface area contributed by atoms with Crippen LogP contribution in [0.4, 0.5) is 32.6 Å². The Morgan fingerprint density at radius 1 is 0.511 bits per heavy atom. The van der Waals surface area contributed by atoms with E-state index in [1.165, 1.54) is 0 Å². The van der Waals surface area contributed by atoms with Gasteiger partial charge in [-0.15, -0.1) is 0 Å². The molecular weight excluding hydrogens is 1240 g/mol. The van der Waals surface area contributed by atoms with Gasteiger partial charge < -0.3 is 20.1 Å². The molecule has 94 heavy (non-hydrogen) atoms. The molecule has 0 aliphatic carbocycles. The first-order valence-electron chi connectivity index (χ1n) is 30.4. The number of fused-ring (bicyclic) bond motifs is 1. The van der Waals surface area contributed by atoms with Crippen molar-refractivity contribution in [2.75, 3.05) is 34.5 Å². The number of carbonyl (C=O) groups excluding carboxylic acids is 4. The lowest BCUT2D eigenvalue weighted by Crippen LogP contribution is -2.43. The average Bonchev–Trinajstić information content (AvgIpc) is 1.61. The number of rotatable bonds is 18. The summed E-state index contributed by atoms with van der Waals surface area (Å²) in [5.74, 6) is 1.18. The van der Waals surface area contributed by atoms with E-state index in [9.17, 15) is 36.0 Å². The van der Waals surface area contributed by atoms with Gasteiger partial charge in [-0.25, -0.2) is 28.4 Å². The maximum absolute atomic E-state index is 13.5. The molecule has 0 unspecified atom stereocenters. The second-order valence-corrected chi connectivity index (χ2v) is 28.9. The maximum atomic E-state index is 13.5. The van der Waals surface area contributed by atoms with Gasteiger partial charge in [-0.2, -0.15) is 35.6 Å². The van der Waals surface area contributed by atoms with E-state index in [2.05, 4.69) is 40.7 Å². The van der Waals surface area contributed by atoms with Crippen LogP contribution in [-0.2, 0) is 66.8 Å². The molecule has 0 radical (unpaired) electrons. The minimum atomic E-state index is -3.94. The van der Waals surface area contributed by atoms with Gasteiger partial charge in [0, 0.05) is 90.1 Å². The second-order valence-electron chi connectivity index (χ2n) is 25.7. The number of nitrogens with zero attached hydrogens (tertiary/aromatic N) is 8. The van der Waals surface area contributed by atoms with Gasteiger partial charge >= 0.3 is 32.5 Å². The first kappa shape index (κ1) is 66.9. The van der Waals surface area contributed by atoms with Crippen molar-refractivity contribution in [3.8, 4) is 22.9 Å². The average molecular weight is 1310 g/mol. The van der Waals surface area contributed by atoms with E-state index in [-0.39, 0.29) is 23.9 Å². The summed E-state index contributed by atoms with van der Waals surface area (Å²) < 4.78 is 71.7. The van der Waals surface area contributed by atoms with E-state index in [0.717, 1.165) is 54.1 Å². The van der Waals surface area contributed by atoms with E-state index in [0.29, 0.717) is 70.9 Å². The number of benzene rings is 5. The topological polar surface area (TPSA) is 295 Å². The Morgan fingerprint density at radius 3 is 1.38 bits per heavy atom. The molecule has 4 aromatic heterocycles. The van der Waals surface area contributed by atoms with Gasteiger partial charge in [-0.1, -0.05) is 102 Å². The summed E-state index contributed by atoms with van der Waals surface area (Å²) in [4.78, 5) is 59.2. The van der Waals surface area contributed by atoms with Gasteiger partial charge in [0.2, 0.25) is 0 Å². The number of urea groups is 2. The first-order valence-corrected chi connectivity index (χ1v) is 33.2. The summed E-state index contributed by atoms with van der Waals surface area (Å²) in [5, 5.41) is 23.0. The number of anilines is 4. The van der Waals surface area contributed by atoms with Crippen molar-refractivity contribution in [2.45, 2.75) is 117 Å². The molecule has 0 saturated carbocycles. The second kappa shape index (κ2) is 26.9. The maximum Gasteiger partial charge on any atom is 0.324 e. The van der Waals surface area contributed by atoms with Gasteiger partial charge in [0.05, 0.1) is 41.7 Å². The summed E-state index contributed by atoms with van der Waals surface area (Å²) in [6.07, 6.45) is 8.57. The minimum Gasteiger partial charge on any atom is -0.493 e. The third-order valence-corrected chi connectivity index (χ3v) is 19.1. The number of hydrogen-bond donors (Lipinski definition) is 6. The quantitative estimate of drug-likeness (QED) is 0.0466. The highest BCUT2D eigenvalue weighted by Gasteiger charge is 2.51. The Morgan fingerprint density at radius 2 is 0.957 bits per heavy atom. The van der Waals surface area contributed by atoms with E-state index in [1.807, 2.05) is 127 Å². The molecule has 6 heterocycles. The van der Waals surface area contributed by atoms with E-state index in [4.69, 9.17) is 19.7 Å². The van der Waals surface area contributed by atoms with Crippen molar-refractivity contribution in [1.82, 2.24) is 47.6 Å². The van der Waals surface area contributed by atoms with Crippen molar-refractivity contribution < 1.29 is 45.5 Å². The normalized spacial score (nSPS) is 15.7. The zero-order valence-corrected chi connectivity index (χ0v) is 55.5. The van der Waals surface area contributed by atoms with Crippen molar-refractivity contribution in [1.29, 1.82) is 0 Å². The molecule has 490 valence electrons. The van der Waals surface area contributed by atoms with Crippen LogP contribution in [0.3, 0.4) is 0 Å². The zero-order chi connectivity index (χ0) is 67.4. The molecule has 6 amide bonds. The highest BCUT2D eigenvalue weighted by Crippen LogP contribution is 2.35. The van der Waals surface area contributed by atoms with E-state index in [1.54, 1.807) is 122 Å². The van der Waals surface area contributed by atoms with Gasteiger partial charge in [0.1, 0.15) is 34.2 Å². The predicted octanol–water partition coefficient (Wildman–Crippen LogP) is 10.7. The molecule has 2 saturated heterocycles. The minimum absolute atomic E-state index is 0.0104. The third-order valence-electron chi connectivity index (χ3n) is 15.8. The van der Waals surface area contributed by atoms with Crippen LogP contribution in [0.15, 0.2) is 170 Å². The molecule has 11 rings (SSSR count). The number of carbonyl (C=O) groups is 4. The number of ether oxygens (including phenoxy) is 2. The smallest absolute Gasteiger partial charge is 0.324 e. The molecule has 5 aromatic carbocycles. The first-order chi connectivity index (χ1) is 44.4. The Kier molecular flexibility index (Phi) is 19.1. The van der Waals surface area contributed by atoms with Crippen LogP contribution in [0.5, 0.6) is 11.5 Å². The summed E-state index contributed by atoms with van der Waals surface area (Å²) in [5.41, 5.74) is 4.58. The molecule has 2 fully saturated rings. The Balaban J connectivity index is 0.000000206. The lowest BCUT2D eigenvalue weighted by Gasteiger charge is -2.25. The van der Waals surface area contributed by atoms with Crippen molar-refractivity contribution in [3.63, 3.8) is 0 Å². The molecule has 0 spiro atoms. The summed E-state index contributed by atoms with van der Waals surface area (Å²) in [7, 11) is -7.87. The Bertz CT molecular complexity index is 4470. The van der Waals surface area contributed by atoms with Crippen LogP contribution >= 0.6 is 0 Å². The molecule has 2 aliphatic heterocycles. The van der Waals surface area contributed by atoms with Gasteiger partial charge in [-0.05, 0) is 123 Å². The standard InChI is InChI=1S/C36H39N7O5S.C32H37N7O5S/c1-35(2,3)31-21-32(43(40-31)26-14-12-25(13-15-26)23-42-36(4,5)33(44)41-49(42,46)47)39-34(45)38-29-16-17-30(28-11-7-6-10-27(28)29)48-20-18-24-9-8-19-37-22-24;1-31(2,3)27-19-28(35-30(41)34-24-10-14-26(15-11-24)44-18-16-22-7-6-17-33-20-22)39(36-27)25-12-8-23(9-13-25)21-38-32(4,5)29(40)37-45(38,42)43/h6-17,19,21-22H,18,20,23H2,1-5H3,(H,41,44)(H2,38,39,45);6-15,17,19-20H,16,18,21H2,1-5H3,(H,37,40)(H2,34,35,41). The van der Waals surface area contributed by atoms with Crippen molar-refractivity contribution in [2.24, 2.45) is 0 Å². The lowest BCUT2D eigenvalue weighted by molar-refractivity contribution is -0.125. The number of aromatic nitrogens is 6. The molecule has 9 aromatic rings.